The average molecular weight is 345 g/mol. The Hall–Kier alpha value is -2.44. The molecule has 6 nitrogen and oxygen atoms in total. The quantitative estimate of drug-likeness (QED) is 0.869. The summed E-state index contributed by atoms with van der Waals surface area (Å²) in [5, 5.41) is 6.41. The Balaban J connectivity index is 1.78. The smallest absolute Gasteiger partial charge is 0.324 e. The van der Waals surface area contributed by atoms with Gasteiger partial charge in [0.2, 0.25) is 5.91 Å². The number of nitrogens with one attached hydrogen (secondary N) is 2. The van der Waals surface area contributed by atoms with Crippen LogP contribution in [0.2, 0.25) is 5.02 Å². The van der Waals surface area contributed by atoms with Crippen molar-refractivity contribution >= 4 is 23.5 Å². The predicted octanol–water partition coefficient (Wildman–Crippen LogP) is 1.97. The van der Waals surface area contributed by atoms with Crippen LogP contribution in [0.3, 0.4) is 0 Å². The van der Waals surface area contributed by atoms with E-state index in [0.717, 1.165) is 11.3 Å². The van der Waals surface area contributed by atoms with Crippen LogP contribution in [0.5, 0.6) is 0 Å². The van der Waals surface area contributed by atoms with Gasteiger partial charge in [0.15, 0.2) is 0 Å². The molecule has 2 heterocycles. The van der Waals surface area contributed by atoms with E-state index in [2.05, 4.69) is 15.6 Å². The number of urea groups is 1. The van der Waals surface area contributed by atoms with Gasteiger partial charge in [-0.05, 0) is 29.8 Å². The second kappa shape index (κ2) is 7.42. The van der Waals surface area contributed by atoms with E-state index in [-0.39, 0.29) is 24.5 Å². The fraction of sp³-hybridized carbons (Fsp3) is 0.235. The molecule has 1 aromatic carbocycles. The number of aromatic nitrogens is 1. The molecule has 1 unspecified atom stereocenters. The number of nitrogens with zero attached hydrogens (tertiary/aromatic N) is 2. The van der Waals surface area contributed by atoms with Gasteiger partial charge in [-0.2, -0.15) is 0 Å². The summed E-state index contributed by atoms with van der Waals surface area (Å²) >= 11 is 6.09. The molecule has 1 aromatic heterocycles. The van der Waals surface area contributed by atoms with Crippen molar-refractivity contribution in [3.63, 3.8) is 0 Å². The maximum absolute atomic E-state index is 12.2. The molecule has 0 saturated carbocycles. The highest BCUT2D eigenvalue weighted by Crippen LogP contribution is 2.23. The lowest BCUT2D eigenvalue weighted by Gasteiger charge is -2.20. The molecule has 0 spiro atoms. The summed E-state index contributed by atoms with van der Waals surface area (Å²) in [5.41, 5.74) is 1.68. The van der Waals surface area contributed by atoms with Crippen LogP contribution in [0, 0.1) is 0 Å². The van der Waals surface area contributed by atoms with Gasteiger partial charge in [0.05, 0.1) is 18.3 Å². The van der Waals surface area contributed by atoms with Crippen molar-refractivity contribution in [3.05, 3.63) is 64.9 Å². The number of rotatable bonds is 5. The molecular weight excluding hydrogens is 328 g/mol. The minimum atomic E-state index is -0.348. The number of carbonyl (C=O) groups excluding carboxylic acids is 2. The van der Waals surface area contributed by atoms with E-state index in [0.29, 0.717) is 18.1 Å². The lowest BCUT2D eigenvalue weighted by atomic mass is 10.0. The molecule has 1 aliphatic heterocycles. The van der Waals surface area contributed by atoms with Gasteiger partial charge in [0.25, 0.3) is 0 Å². The van der Waals surface area contributed by atoms with Crippen LogP contribution in [-0.2, 0) is 4.79 Å². The molecule has 0 bridgehead atoms. The molecule has 1 aliphatic rings. The van der Waals surface area contributed by atoms with Gasteiger partial charge in [0.1, 0.15) is 0 Å². The summed E-state index contributed by atoms with van der Waals surface area (Å²) < 4.78 is 0. The number of benzene rings is 1. The van der Waals surface area contributed by atoms with E-state index in [4.69, 9.17) is 11.6 Å². The third kappa shape index (κ3) is 3.72. The van der Waals surface area contributed by atoms with Crippen LogP contribution < -0.4 is 10.6 Å². The molecule has 0 radical (unpaired) electrons. The van der Waals surface area contributed by atoms with E-state index < -0.39 is 0 Å². The normalized spacial score (nSPS) is 15.2. The number of hydrogen-bond acceptors (Lipinski definition) is 4. The fourth-order valence-corrected chi connectivity index (χ4v) is 2.82. The van der Waals surface area contributed by atoms with Crippen LogP contribution in [0.15, 0.2) is 48.7 Å². The summed E-state index contributed by atoms with van der Waals surface area (Å²) in [4.78, 5) is 29.4. The molecule has 24 heavy (non-hydrogen) atoms. The van der Waals surface area contributed by atoms with Crippen LogP contribution in [-0.4, -0.2) is 41.5 Å². The zero-order valence-corrected chi connectivity index (χ0v) is 13.7. The first-order valence-corrected chi connectivity index (χ1v) is 8.01. The predicted molar refractivity (Wildman–Crippen MR) is 90.6 cm³/mol. The Morgan fingerprint density at radius 2 is 2.21 bits per heavy atom. The molecule has 0 aliphatic carbocycles. The summed E-state index contributed by atoms with van der Waals surface area (Å²) in [6, 6.07) is 12.4. The highest BCUT2D eigenvalue weighted by molar-refractivity contribution is 6.30. The summed E-state index contributed by atoms with van der Waals surface area (Å²) in [7, 11) is 0. The van der Waals surface area contributed by atoms with Crippen LogP contribution in [0.4, 0.5) is 4.79 Å². The van der Waals surface area contributed by atoms with E-state index >= 15 is 0 Å². The van der Waals surface area contributed by atoms with Crippen molar-refractivity contribution < 1.29 is 9.59 Å². The zero-order valence-electron chi connectivity index (χ0n) is 12.9. The van der Waals surface area contributed by atoms with Gasteiger partial charge < -0.3 is 5.32 Å². The first-order chi connectivity index (χ1) is 11.6. The molecule has 124 valence electrons. The van der Waals surface area contributed by atoms with Gasteiger partial charge >= 0.3 is 6.03 Å². The third-order valence-corrected chi connectivity index (χ3v) is 4.02. The Morgan fingerprint density at radius 1 is 1.33 bits per heavy atom. The van der Waals surface area contributed by atoms with Gasteiger partial charge in [-0.1, -0.05) is 29.8 Å². The lowest BCUT2D eigenvalue weighted by molar-refractivity contribution is -0.126. The van der Waals surface area contributed by atoms with Crippen LogP contribution in [0.25, 0.3) is 0 Å². The molecule has 2 N–H and O–H groups in total. The van der Waals surface area contributed by atoms with Crippen molar-refractivity contribution in [1.82, 2.24) is 20.5 Å². The van der Waals surface area contributed by atoms with Crippen LogP contribution in [0.1, 0.15) is 17.3 Å². The standard InChI is InChI=1S/C17H17ClN4O2/c18-13-5-3-4-12(10-13)16(14-6-1-2-7-19-14)21-11-15(23)22-9-8-20-17(22)24/h1-7,10,16,21H,8-9,11H2,(H,20,24). The van der Waals surface area contributed by atoms with E-state index in [1.165, 1.54) is 4.90 Å². The number of imide groups is 1. The second-order valence-electron chi connectivity index (χ2n) is 5.40. The Morgan fingerprint density at radius 3 is 2.88 bits per heavy atom. The first kappa shape index (κ1) is 16.4. The lowest BCUT2D eigenvalue weighted by Crippen LogP contribution is -2.41. The molecule has 1 fully saturated rings. The Labute approximate surface area is 144 Å². The van der Waals surface area contributed by atoms with Crippen molar-refractivity contribution in [2.24, 2.45) is 0 Å². The van der Waals surface area contributed by atoms with Crippen molar-refractivity contribution in [1.29, 1.82) is 0 Å². The minimum Gasteiger partial charge on any atom is -0.336 e. The summed E-state index contributed by atoms with van der Waals surface area (Å²) in [6.07, 6.45) is 1.70. The molecule has 7 heteroatoms. The number of hydrogen-bond donors (Lipinski definition) is 2. The maximum atomic E-state index is 12.2. The highest BCUT2D eigenvalue weighted by Gasteiger charge is 2.26. The Kier molecular flexibility index (Phi) is 5.08. The largest absolute Gasteiger partial charge is 0.336 e. The monoisotopic (exact) mass is 344 g/mol. The number of pyridine rings is 1. The maximum Gasteiger partial charge on any atom is 0.324 e. The molecular formula is C17H17ClN4O2. The van der Waals surface area contributed by atoms with Gasteiger partial charge in [-0.25, -0.2) is 4.79 Å². The highest BCUT2D eigenvalue weighted by atomic mass is 35.5. The van der Waals surface area contributed by atoms with E-state index in [1.807, 2.05) is 36.4 Å². The Bertz CT molecular complexity index is 738. The van der Waals surface area contributed by atoms with Gasteiger partial charge in [-0.3, -0.25) is 20.0 Å². The van der Waals surface area contributed by atoms with E-state index in [9.17, 15) is 9.59 Å². The fourth-order valence-electron chi connectivity index (χ4n) is 2.62. The van der Waals surface area contributed by atoms with Gasteiger partial charge in [0, 0.05) is 24.3 Å². The topological polar surface area (TPSA) is 74.3 Å². The average Bonchev–Trinajstić information content (AvgIpc) is 3.02. The van der Waals surface area contributed by atoms with Crippen LogP contribution >= 0.6 is 11.6 Å². The number of amides is 3. The summed E-state index contributed by atoms with van der Waals surface area (Å²) in [6.45, 7) is 0.911. The van der Waals surface area contributed by atoms with Crippen molar-refractivity contribution in [2.75, 3.05) is 19.6 Å². The molecule has 3 rings (SSSR count). The number of carbonyl (C=O) groups is 2. The van der Waals surface area contributed by atoms with Crippen molar-refractivity contribution in [2.45, 2.75) is 6.04 Å². The number of halogens is 1. The molecule has 3 amide bonds. The SMILES string of the molecule is O=C(CNC(c1cccc(Cl)c1)c1ccccn1)N1CCNC1=O. The van der Waals surface area contributed by atoms with Gasteiger partial charge in [-0.15, -0.1) is 0 Å². The minimum absolute atomic E-state index is 0.0289. The third-order valence-electron chi connectivity index (χ3n) is 3.78. The first-order valence-electron chi connectivity index (χ1n) is 7.63. The molecule has 2 aromatic rings. The molecule has 1 saturated heterocycles. The zero-order chi connectivity index (χ0) is 16.9. The second-order valence-corrected chi connectivity index (χ2v) is 5.84. The van der Waals surface area contributed by atoms with Crippen molar-refractivity contribution in [3.8, 4) is 0 Å². The summed E-state index contributed by atoms with van der Waals surface area (Å²) in [5.74, 6) is -0.270. The van der Waals surface area contributed by atoms with E-state index in [1.54, 1.807) is 12.3 Å². The molecule has 1 atom stereocenters.